The average Bonchev–Trinajstić information content (AvgIpc) is 3.28. The molecule has 1 fully saturated rings. The number of hydrogen-bond donors (Lipinski definition) is 0. The van der Waals surface area contributed by atoms with Crippen LogP contribution >= 0.6 is 0 Å². The second kappa shape index (κ2) is 7.50. The van der Waals surface area contributed by atoms with Crippen LogP contribution in [0, 0.1) is 26.7 Å². The molecule has 3 aromatic rings. The summed E-state index contributed by atoms with van der Waals surface area (Å²) in [6.45, 7) is 7.18. The van der Waals surface area contributed by atoms with Gasteiger partial charge >= 0.3 is 0 Å². The van der Waals surface area contributed by atoms with Gasteiger partial charge in [0.15, 0.2) is 0 Å². The highest BCUT2D eigenvalue weighted by Gasteiger charge is 2.27. The lowest BCUT2D eigenvalue weighted by Gasteiger charge is -2.16. The molecule has 28 heavy (non-hydrogen) atoms. The fourth-order valence-corrected chi connectivity index (χ4v) is 3.73. The van der Waals surface area contributed by atoms with Crippen molar-refractivity contribution in [3.05, 3.63) is 59.1 Å². The summed E-state index contributed by atoms with van der Waals surface area (Å²) in [5, 5.41) is 4.00. The molecule has 144 valence electrons. The van der Waals surface area contributed by atoms with Gasteiger partial charge in [-0.15, -0.1) is 0 Å². The Kier molecular flexibility index (Phi) is 4.90. The first-order chi connectivity index (χ1) is 13.5. The molecule has 7 nitrogen and oxygen atoms in total. The number of likely N-dealkylation sites (tertiary alicyclic amines) is 1. The van der Waals surface area contributed by atoms with Gasteiger partial charge in [0.2, 0.25) is 0 Å². The van der Waals surface area contributed by atoms with E-state index < -0.39 is 0 Å². The van der Waals surface area contributed by atoms with E-state index in [1.165, 1.54) is 0 Å². The van der Waals surface area contributed by atoms with Gasteiger partial charge in [0.25, 0.3) is 5.91 Å². The largest absolute Gasteiger partial charge is 0.361 e. The predicted octanol–water partition coefficient (Wildman–Crippen LogP) is 3.16. The van der Waals surface area contributed by atoms with Crippen LogP contribution in [0.5, 0.6) is 0 Å². The predicted molar refractivity (Wildman–Crippen MR) is 104 cm³/mol. The van der Waals surface area contributed by atoms with E-state index >= 15 is 0 Å². The monoisotopic (exact) mass is 377 g/mol. The van der Waals surface area contributed by atoms with Crippen molar-refractivity contribution in [3.63, 3.8) is 0 Å². The zero-order valence-electron chi connectivity index (χ0n) is 16.3. The Morgan fingerprint density at radius 3 is 2.79 bits per heavy atom. The fourth-order valence-electron chi connectivity index (χ4n) is 3.73. The Morgan fingerprint density at radius 1 is 1.21 bits per heavy atom. The first-order valence-corrected chi connectivity index (χ1v) is 9.47. The molecule has 0 aliphatic carbocycles. The number of nitrogens with zero attached hydrogens (tertiary/aromatic N) is 5. The maximum atomic E-state index is 12.7. The molecule has 0 saturated carbocycles. The van der Waals surface area contributed by atoms with Crippen molar-refractivity contribution in [3.8, 4) is 11.3 Å². The minimum absolute atomic E-state index is 0.0468. The standard InChI is InChI=1S/C21H23N5O2/c1-13-4-5-17(9-23-13)21(27)26-7-6-16(12-26)8-18-10-22-11-19(24-18)20-14(2)25-28-15(20)3/h4-5,9-11,16H,6-8,12H2,1-3H3. The number of carbonyl (C=O) groups is 1. The molecule has 0 spiro atoms. The number of rotatable bonds is 4. The highest BCUT2D eigenvalue weighted by atomic mass is 16.5. The summed E-state index contributed by atoms with van der Waals surface area (Å²) in [5.74, 6) is 1.16. The van der Waals surface area contributed by atoms with Gasteiger partial charge in [0.05, 0.1) is 34.4 Å². The number of aryl methyl sites for hydroxylation is 3. The summed E-state index contributed by atoms with van der Waals surface area (Å²) >= 11 is 0. The summed E-state index contributed by atoms with van der Waals surface area (Å²) in [6, 6.07) is 3.72. The molecule has 1 aliphatic heterocycles. The molecule has 4 heterocycles. The normalized spacial score (nSPS) is 16.5. The molecule has 7 heteroatoms. The van der Waals surface area contributed by atoms with E-state index in [9.17, 15) is 4.79 Å². The van der Waals surface area contributed by atoms with Crippen molar-refractivity contribution in [1.82, 2.24) is 25.0 Å². The van der Waals surface area contributed by atoms with Gasteiger partial charge in [-0.2, -0.15) is 0 Å². The smallest absolute Gasteiger partial charge is 0.255 e. The first kappa shape index (κ1) is 18.3. The fraction of sp³-hybridized carbons (Fsp3) is 0.381. The van der Waals surface area contributed by atoms with Crippen LogP contribution in [0.1, 0.15) is 39.6 Å². The molecule has 1 amide bonds. The van der Waals surface area contributed by atoms with Crippen molar-refractivity contribution in [2.45, 2.75) is 33.6 Å². The lowest BCUT2D eigenvalue weighted by atomic mass is 10.0. The molecule has 4 rings (SSSR count). The molecule has 0 bridgehead atoms. The maximum absolute atomic E-state index is 12.7. The Labute approximate surface area is 163 Å². The first-order valence-electron chi connectivity index (χ1n) is 9.47. The summed E-state index contributed by atoms with van der Waals surface area (Å²) < 4.78 is 5.25. The van der Waals surface area contributed by atoms with E-state index in [-0.39, 0.29) is 5.91 Å². The van der Waals surface area contributed by atoms with Crippen molar-refractivity contribution in [2.24, 2.45) is 5.92 Å². The van der Waals surface area contributed by atoms with Crippen LogP contribution < -0.4 is 0 Å². The Hall–Kier alpha value is -3.09. The highest BCUT2D eigenvalue weighted by molar-refractivity contribution is 5.94. The van der Waals surface area contributed by atoms with E-state index in [4.69, 9.17) is 9.51 Å². The van der Waals surface area contributed by atoms with Gasteiger partial charge in [-0.05, 0) is 51.7 Å². The molecular weight excluding hydrogens is 354 g/mol. The van der Waals surface area contributed by atoms with E-state index in [2.05, 4.69) is 15.1 Å². The number of hydrogen-bond acceptors (Lipinski definition) is 6. The molecule has 1 aliphatic rings. The van der Waals surface area contributed by atoms with Gasteiger partial charge in [0, 0.05) is 31.2 Å². The third kappa shape index (κ3) is 3.65. The average molecular weight is 377 g/mol. The van der Waals surface area contributed by atoms with Crippen LogP contribution in [-0.4, -0.2) is 44.0 Å². The molecule has 3 aromatic heterocycles. The number of aromatic nitrogens is 4. The second-order valence-electron chi connectivity index (χ2n) is 7.39. The van der Waals surface area contributed by atoms with Crippen LogP contribution in [0.3, 0.4) is 0 Å². The molecule has 1 unspecified atom stereocenters. The molecule has 1 atom stereocenters. The lowest BCUT2D eigenvalue weighted by Crippen LogP contribution is -2.29. The van der Waals surface area contributed by atoms with E-state index in [0.29, 0.717) is 11.5 Å². The number of carbonyl (C=O) groups excluding carboxylic acids is 1. The molecule has 0 radical (unpaired) electrons. The summed E-state index contributed by atoms with van der Waals surface area (Å²) in [5.41, 5.74) is 4.98. The van der Waals surface area contributed by atoms with Crippen molar-refractivity contribution in [1.29, 1.82) is 0 Å². The number of amides is 1. The van der Waals surface area contributed by atoms with Crippen LogP contribution in [0.25, 0.3) is 11.3 Å². The van der Waals surface area contributed by atoms with Crippen molar-refractivity contribution >= 4 is 5.91 Å². The van der Waals surface area contributed by atoms with Crippen LogP contribution in [0.15, 0.2) is 35.2 Å². The van der Waals surface area contributed by atoms with E-state index in [1.807, 2.05) is 37.8 Å². The van der Waals surface area contributed by atoms with Crippen LogP contribution in [0.2, 0.25) is 0 Å². The van der Waals surface area contributed by atoms with Crippen molar-refractivity contribution < 1.29 is 9.32 Å². The quantitative estimate of drug-likeness (QED) is 0.694. The lowest BCUT2D eigenvalue weighted by molar-refractivity contribution is 0.0786. The van der Waals surface area contributed by atoms with Crippen LogP contribution in [-0.2, 0) is 6.42 Å². The van der Waals surface area contributed by atoms with Crippen LogP contribution in [0.4, 0.5) is 0 Å². The Morgan fingerprint density at radius 2 is 2.07 bits per heavy atom. The van der Waals surface area contributed by atoms with E-state index in [1.54, 1.807) is 18.6 Å². The van der Waals surface area contributed by atoms with E-state index in [0.717, 1.165) is 60.0 Å². The summed E-state index contributed by atoms with van der Waals surface area (Å²) in [7, 11) is 0. The zero-order chi connectivity index (χ0) is 19.7. The maximum Gasteiger partial charge on any atom is 0.255 e. The Balaban J connectivity index is 1.44. The Bertz CT molecular complexity index is 977. The van der Waals surface area contributed by atoms with Gasteiger partial charge in [0.1, 0.15) is 5.76 Å². The molecular formula is C21H23N5O2. The minimum atomic E-state index is 0.0468. The molecule has 0 aromatic carbocycles. The van der Waals surface area contributed by atoms with Gasteiger partial charge in [-0.25, -0.2) is 4.98 Å². The second-order valence-corrected chi connectivity index (χ2v) is 7.39. The molecule has 0 N–H and O–H groups in total. The molecule has 1 saturated heterocycles. The van der Waals surface area contributed by atoms with Crippen molar-refractivity contribution in [2.75, 3.05) is 13.1 Å². The van der Waals surface area contributed by atoms with Gasteiger partial charge < -0.3 is 9.42 Å². The topological polar surface area (TPSA) is 85.0 Å². The highest BCUT2D eigenvalue weighted by Crippen LogP contribution is 2.26. The third-order valence-corrected chi connectivity index (χ3v) is 5.20. The number of pyridine rings is 1. The third-order valence-electron chi connectivity index (χ3n) is 5.20. The zero-order valence-corrected chi connectivity index (χ0v) is 16.3. The SMILES string of the molecule is Cc1ccc(C(=O)N2CCC(Cc3cncc(-c4c(C)noc4C)n3)C2)cn1. The van der Waals surface area contributed by atoms with Gasteiger partial charge in [-0.3, -0.25) is 14.8 Å². The van der Waals surface area contributed by atoms with Gasteiger partial charge in [-0.1, -0.05) is 5.16 Å². The summed E-state index contributed by atoms with van der Waals surface area (Å²) in [6.07, 6.45) is 6.95. The summed E-state index contributed by atoms with van der Waals surface area (Å²) in [4.78, 5) is 27.9. The minimum Gasteiger partial charge on any atom is -0.361 e.